The zero-order valence-corrected chi connectivity index (χ0v) is 15.4. The molecule has 0 aromatic carbocycles. The van der Waals surface area contributed by atoms with Gasteiger partial charge in [0.15, 0.2) is 5.82 Å². The number of carbonyl (C=O) groups excluding carboxylic acids is 1. The van der Waals surface area contributed by atoms with Crippen LogP contribution in [0.2, 0.25) is 0 Å². The lowest BCUT2D eigenvalue weighted by Crippen LogP contribution is -2.31. The quantitative estimate of drug-likeness (QED) is 0.823. The van der Waals surface area contributed by atoms with Gasteiger partial charge in [0, 0.05) is 26.2 Å². The van der Waals surface area contributed by atoms with Crippen LogP contribution < -0.4 is 11.0 Å². The van der Waals surface area contributed by atoms with Crippen LogP contribution in [0.15, 0.2) is 29.2 Å². The van der Waals surface area contributed by atoms with Gasteiger partial charge in [-0.25, -0.2) is 9.48 Å². The standard InChI is InChI=1S/C19H27N5O2/c1-23-18(16-9-5-6-12-20-16)22-24(19(23)26)14-13-21-17(25)11-10-15-7-3-2-4-8-15/h5-6,9,12,15H,2-4,7-8,10-11,13-14H2,1H3,(H,21,25). The Balaban J connectivity index is 1.49. The fraction of sp³-hybridized carbons (Fsp3) is 0.579. The Morgan fingerprint density at radius 2 is 2.08 bits per heavy atom. The number of carbonyl (C=O) groups is 1. The molecule has 2 aromatic rings. The van der Waals surface area contributed by atoms with E-state index in [2.05, 4.69) is 15.4 Å². The van der Waals surface area contributed by atoms with Crippen LogP contribution in [0.25, 0.3) is 11.5 Å². The highest BCUT2D eigenvalue weighted by Gasteiger charge is 2.15. The lowest BCUT2D eigenvalue weighted by Gasteiger charge is -2.20. The Hall–Kier alpha value is -2.44. The first kappa shape index (κ1) is 18.4. The van der Waals surface area contributed by atoms with Gasteiger partial charge < -0.3 is 5.32 Å². The summed E-state index contributed by atoms with van der Waals surface area (Å²) in [5.74, 6) is 1.29. The number of rotatable bonds is 7. The van der Waals surface area contributed by atoms with E-state index in [0.29, 0.717) is 36.9 Å². The smallest absolute Gasteiger partial charge is 0.346 e. The molecule has 0 atom stereocenters. The van der Waals surface area contributed by atoms with Gasteiger partial charge in [0.25, 0.3) is 0 Å². The third kappa shape index (κ3) is 4.59. The summed E-state index contributed by atoms with van der Waals surface area (Å²) >= 11 is 0. The Morgan fingerprint density at radius 1 is 1.27 bits per heavy atom. The van der Waals surface area contributed by atoms with E-state index in [4.69, 9.17) is 0 Å². The molecule has 2 aromatic heterocycles. The Kier molecular flexibility index (Phi) is 6.20. The molecule has 2 heterocycles. The number of hydrogen-bond donors (Lipinski definition) is 1. The predicted octanol–water partition coefficient (Wildman–Crippen LogP) is 2.12. The van der Waals surface area contributed by atoms with Gasteiger partial charge in [-0.1, -0.05) is 38.2 Å². The number of nitrogens with zero attached hydrogens (tertiary/aromatic N) is 4. The second-order valence-corrected chi connectivity index (χ2v) is 7.00. The van der Waals surface area contributed by atoms with Crippen LogP contribution in [-0.4, -0.2) is 31.8 Å². The first-order valence-electron chi connectivity index (χ1n) is 9.47. The summed E-state index contributed by atoms with van der Waals surface area (Å²) in [4.78, 5) is 28.6. The van der Waals surface area contributed by atoms with Crippen molar-refractivity contribution < 1.29 is 4.79 Å². The average molecular weight is 357 g/mol. The van der Waals surface area contributed by atoms with E-state index in [9.17, 15) is 9.59 Å². The summed E-state index contributed by atoms with van der Waals surface area (Å²) in [5.41, 5.74) is 0.449. The van der Waals surface area contributed by atoms with Crippen molar-refractivity contribution in [1.29, 1.82) is 0 Å². The van der Waals surface area contributed by atoms with E-state index in [-0.39, 0.29) is 11.6 Å². The van der Waals surface area contributed by atoms with E-state index >= 15 is 0 Å². The lowest BCUT2D eigenvalue weighted by atomic mass is 9.86. The molecule has 0 bridgehead atoms. The SMILES string of the molecule is Cn1c(-c2ccccn2)nn(CCNC(=O)CCC2CCCCC2)c1=O. The van der Waals surface area contributed by atoms with E-state index in [0.717, 1.165) is 6.42 Å². The minimum Gasteiger partial charge on any atom is -0.354 e. The van der Waals surface area contributed by atoms with Gasteiger partial charge in [-0.05, 0) is 24.5 Å². The molecule has 26 heavy (non-hydrogen) atoms. The topological polar surface area (TPSA) is 81.8 Å². The minimum absolute atomic E-state index is 0.0597. The van der Waals surface area contributed by atoms with Gasteiger partial charge in [-0.15, -0.1) is 5.10 Å². The van der Waals surface area contributed by atoms with Crippen molar-refractivity contribution in [3.63, 3.8) is 0 Å². The van der Waals surface area contributed by atoms with Crippen LogP contribution in [0.3, 0.4) is 0 Å². The molecule has 0 saturated heterocycles. The lowest BCUT2D eigenvalue weighted by molar-refractivity contribution is -0.121. The summed E-state index contributed by atoms with van der Waals surface area (Å²) in [5, 5.41) is 7.25. The molecule has 0 aliphatic heterocycles. The summed E-state index contributed by atoms with van der Waals surface area (Å²) in [6.07, 6.45) is 9.66. The van der Waals surface area contributed by atoms with Crippen molar-refractivity contribution in [2.75, 3.05) is 6.54 Å². The molecule has 1 aliphatic carbocycles. The summed E-state index contributed by atoms with van der Waals surface area (Å²) < 4.78 is 2.86. The molecule has 140 valence electrons. The van der Waals surface area contributed by atoms with Crippen molar-refractivity contribution in [2.24, 2.45) is 13.0 Å². The van der Waals surface area contributed by atoms with Gasteiger partial charge in [0.2, 0.25) is 5.91 Å². The zero-order valence-electron chi connectivity index (χ0n) is 15.4. The highest BCUT2D eigenvalue weighted by Crippen LogP contribution is 2.27. The Labute approximate surface area is 153 Å². The fourth-order valence-electron chi connectivity index (χ4n) is 3.55. The number of aromatic nitrogens is 4. The molecule has 0 radical (unpaired) electrons. The molecule has 3 rings (SSSR count). The van der Waals surface area contributed by atoms with E-state index in [1.165, 1.54) is 41.4 Å². The highest BCUT2D eigenvalue weighted by atomic mass is 16.2. The van der Waals surface area contributed by atoms with Crippen molar-refractivity contribution >= 4 is 5.91 Å². The normalized spacial score (nSPS) is 15.1. The maximum atomic E-state index is 12.3. The van der Waals surface area contributed by atoms with Crippen LogP contribution in [0.5, 0.6) is 0 Å². The predicted molar refractivity (Wildman–Crippen MR) is 99.5 cm³/mol. The maximum Gasteiger partial charge on any atom is 0.346 e. The second-order valence-electron chi connectivity index (χ2n) is 7.00. The molecular formula is C19H27N5O2. The van der Waals surface area contributed by atoms with Gasteiger partial charge in [0.1, 0.15) is 5.69 Å². The van der Waals surface area contributed by atoms with Crippen LogP contribution in [0, 0.1) is 5.92 Å². The molecule has 1 aliphatic rings. The minimum atomic E-state index is -0.206. The zero-order chi connectivity index (χ0) is 18.4. The van der Waals surface area contributed by atoms with E-state index in [1.807, 2.05) is 18.2 Å². The molecule has 0 unspecified atom stereocenters. The van der Waals surface area contributed by atoms with Crippen LogP contribution in [-0.2, 0) is 18.4 Å². The number of pyridine rings is 1. The largest absolute Gasteiger partial charge is 0.354 e. The van der Waals surface area contributed by atoms with Crippen LogP contribution >= 0.6 is 0 Å². The molecule has 7 heteroatoms. The molecule has 1 amide bonds. The van der Waals surface area contributed by atoms with Crippen molar-refractivity contribution in [3.8, 4) is 11.5 Å². The first-order chi connectivity index (χ1) is 12.6. The van der Waals surface area contributed by atoms with E-state index in [1.54, 1.807) is 13.2 Å². The number of amides is 1. The number of nitrogens with one attached hydrogen (secondary N) is 1. The number of hydrogen-bond acceptors (Lipinski definition) is 4. The van der Waals surface area contributed by atoms with E-state index < -0.39 is 0 Å². The van der Waals surface area contributed by atoms with Gasteiger partial charge >= 0.3 is 5.69 Å². The molecule has 1 N–H and O–H groups in total. The summed E-state index contributed by atoms with van der Waals surface area (Å²) in [6.45, 7) is 0.761. The maximum absolute atomic E-state index is 12.3. The fourth-order valence-corrected chi connectivity index (χ4v) is 3.55. The molecule has 1 fully saturated rings. The van der Waals surface area contributed by atoms with Crippen molar-refractivity contribution in [1.82, 2.24) is 24.6 Å². The second kappa shape index (κ2) is 8.78. The molecule has 0 spiro atoms. The van der Waals surface area contributed by atoms with Gasteiger partial charge in [-0.2, -0.15) is 0 Å². The first-order valence-corrected chi connectivity index (χ1v) is 9.47. The Morgan fingerprint density at radius 3 is 2.81 bits per heavy atom. The summed E-state index contributed by atoms with van der Waals surface area (Å²) in [7, 11) is 1.68. The van der Waals surface area contributed by atoms with Crippen LogP contribution in [0.1, 0.15) is 44.9 Å². The van der Waals surface area contributed by atoms with Gasteiger partial charge in [0.05, 0.1) is 6.54 Å². The van der Waals surface area contributed by atoms with Crippen LogP contribution in [0.4, 0.5) is 0 Å². The summed E-state index contributed by atoms with van der Waals surface area (Å²) in [6, 6.07) is 5.50. The van der Waals surface area contributed by atoms with Crippen molar-refractivity contribution in [2.45, 2.75) is 51.5 Å². The third-order valence-corrected chi connectivity index (χ3v) is 5.09. The molecular weight excluding hydrogens is 330 g/mol. The monoisotopic (exact) mass is 357 g/mol. The van der Waals surface area contributed by atoms with Crippen molar-refractivity contribution in [3.05, 3.63) is 34.9 Å². The third-order valence-electron chi connectivity index (χ3n) is 5.09. The molecule has 7 nitrogen and oxygen atoms in total. The highest BCUT2D eigenvalue weighted by molar-refractivity contribution is 5.75. The Bertz CT molecular complexity index is 775. The van der Waals surface area contributed by atoms with Gasteiger partial charge in [-0.3, -0.25) is 14.3 Å². The average Bonchev–Trinajstić information content (AvgIpc) is 2.96. The molecule has 1 saturated carbocycles.